The van der Waals surface area contributed by atoms with Crippen LogP contribution in [-0.2, 0) is 4.79 Å². The van der Waals surface area contributed by atoms with E-state index < -0.39 is 5.97 Å². The zero-order valence-electron chi connectivity index (χ0n) is 12.0. The highest BCUT2D eigenvalue weighted by Crippen LogP contribution is 2.23. The van der Waals surface area contributed by atoms with Crippen LogP contribution in [-0.4, -0.2) is 23.5 Å². The summed E-state index contributed by atoms with van der Waals surface area (Å²) in [7, 11) is 0. The monoisotopic (exact) mass is 375 g/mol. The maximum Gasteiger partial charge on any atom is 0.303 e. The van der Waals surface area contributed by atoms with Gasteiger partial charge in [-0.25, -0.2) is 0 Å². The smallest absolute Gasteiger partial charge is 0.303 e. The molecule has 0 radical (unpaired) electrons. The third-order valence-electron chi connectivity index (χ3n) is 3.00. The second-order valence-corrected chi connectivity index (χ2v) is 6.69. The van der Waals surface area contributed by atoms with E-state index in [2.05, 4.69) is 21.2 Å². The first-order chi connectivity index (χ1) is 9.79. The average Bonchev–Trinajstić information content (AvgIpc) is 2.37. The van der Waals surface area contributed by atoms with Gasteiger partial charge >= 0.3 is 5.97 Å². The van der Waals surface area contributed by atoms with Crippen molar-refractivity contribution in [3.05, 3.63) is 33.3 Å². The molecular weight excluding hydrogens is 358 g/mol. The number of hydrogen-bond donors (Lipinski definition) is 2. The predicted molar refractivity (Wildman–Crippen MR) is 86.7 cm³/mol. The number of carboxylic acid groups (broad SMARTS) is 1. The quantitative estimate of drug-likeness (QED) is 0.756. The third kappa shape index (κ3) is 6.48. The Labute approximate surface area is 138 Å². The molecule has 0 fully saturated rings. The fraction of sp³-hybridized carbons (Fsp3) is 0.467. The van der Waals surface area contributed by atoms with Gasteiger partial charge < -0.3 is 10.4 Å². The number of nitrogens with one attached hydrogen (secondary N) is 1. The van der Waals surface area contributed by atoms with E-state index in [1.165, 1.54) is 0 Å². The summed E-state index contributed by atoms with van der Waals surface area (Å²) in [4.78, 5) is 22.9. The molecular formula is C15H19BrClNO3. The lowest BCUT2D eigenvalue weighted by Crippen LogP contribution is -2.31. The summed E-state index contributed by atoms with van der Waals surface area (Å²) in [6, 6.07) is 4.95. The van der Waals surface area contributed by atoms with Gasteiger partial charge in [0.15, 0.2) is 0 Å². The second kappa shape index (κ2) is 8.39. The number of benzene rings is 1. The molecule has 1 atom stereocenters. The molecule has 0 aliphatic carbocycles. The largest absolute Gasteiger partial charge is 0.481 e. The third-order valence-corrected chi connectivity index (χ3v) is 4.23. The van der Waals surface area contributed by atoms with Gasteiger partial charge in [-0.05, 0) is 52.4 Å². The molecule has 4 nitrogen and oxygen atoms in total. The van der Waals surface area contributed by atoms with E-state index >= 15 is 0 Å². The number of carboxylic acids is 1. The molecule has 1 aromatic rings. The van der Waals surface area contributed by atoms with Crippen molar-refractivity contribution in [2.45, 2.75) is 26.7 Å². The number of aliphatic carboxylic acids is 1. The molecule has 0 heterocycles. The highest BCUT2D eigenvalue weighted by Gasteiger charge is 2.17. The van der Waals surface area contributed by atoms with E-state index in [1.54, 1.807) is 18.2 Å². The van der Waals surface area contributed by atoms with Gasteiger partial charge in [-0.1, -0.05) is 25.4 Å². The van der Waals surface area contributed by atoms with Crippen molar-refractivity contribution < 1.29 is 14.7 Å². The summed E-state index contributed by atoms with van der Waals surface area (Å²) in [6.45, 7) is 4.41. The maximum atomic E-state index is 12.1. The lowest BCUT2D eigenvalue weighted by molar-refractivity contribution is -0.138. The summed E-state index contributed by atoms with van der Waals surface area (Å²) in [5.74, 6) is -0.782. The van der Waals surface area contributed by atoms with E-state index in [4.69, 9.17) is 16.7 Å². The van der Waals surface area contributed by atoms with Gasteiger partial charge in [-0.15, -0.1) is 0 Å². The number of halogens is 2. The van der Waals surface area contributed by atoms with E-state index in [0.717, 1.165) is 10.9 Å². The Kier molecular flexibility index (Phi) is 7.18. The number of hydrogen-bond acceptors (Lipinski definition) is 2. The van der Waals surface area contributed by atoms with Crippen molar-refractivity contribution >= 4 is 39.4 Å². The number of carbonyl (C=O) groups excluding carboxylic acids is 1. The van der Waals surface area contributed by atoms with E-state index in [0.29, 0.717) is 23.0 Å². The van der Waals surface area contributed by atoms with Gasteiger partial charge in [-0.2, -0.15) is 0 Å². The Morgan fingerprint density at radius 3 is 2.57 bits per heavy atom. The van der Waals surface area contributed by atoms with Crippen LogP contribution >= 0.6 is 27.5 Å². The molecule has 21 heavy (non-hydrogen) atoms. The highest BCUT2D eigenvalue weighted by atomic mass is 79.9. The summed E-state index contributed by atoms with van der Waals surface area (Å²) in [6.07, 6.45) is 0.813. The van der Waals surface area contributed by atoms with Gasteiger partial charge in [0.1, 0.15) is 0 Å². The van der Waals surface area contributed by atoms with Crippen LogP contribution < -0.4 is 5.32 Å². The maximum absolute atomic E-state index is 12.1. The molecule has 1 rings (SSSR count). The minimum Gasteiger partial charge on any atom is -0.481 e. The van der Waals surface area contributed by atoms with Gasteiger partial charge in [0.25, 0.3) is 5.91 Å². The van der Waals surface area contributed by atoms with Crippen molar-refractivity contribution in [3.63, 3.8) is 0 Å². The zero-order chi connectivity index (χ0) is 16.0. The molecule has 0 spiro atoms. The molecule has 0 aliphatic heterocycles. The average molecular weight is 377 g/mol. The van der Waals surface area contributed by atoms with Crippen LogP contribution in [0, 0.1) is 11.8 Å². The summed E-state index contributed by atoms with van der Waals surface area (Å²) in [5, 5.41) is 12.2. The zero-order valence-corrected chi connectivity index (χ0v) is 14.4. The predicted octanol–water partition coefficient (Wildman–Crippen LogP) is 3.97. The normalized spacial score (nSPS) is 12.2. The van der Waals surface area contributed by atoms with Crippen LogP contribution in [0.4, 0.5) is 0 Å². The molecule has 6 heteroatoms. The molecule has 2 N–H and O–H groups in total. The molecule has 0 aromatic heterocycles. The Morgan fingerprint density at radius 2 is 2.05 bits per heavy atom. The van der Waals surface area contributed by atoms with E-state index in [9.17, 15) is 9.59 Å². The first kappa shape index (κ1) is 18.0. The Balaban J connectivity index is 2.63. The van der Waals surface area contributed by atoms with Crippen LogP contribution in [0.5, 0.6) is 0 Å². The molecule has 0 saturated carbocycles. The van der Waals surface area contributed by atoms with Gasteiger partial charge in [0.2, 0.25) is 0 Å². The Hall–Kier alpha value is -1.07. The Bertz CT molecular complexity index is 520. The standard InChI is InChI=1S/C15H19BrClNO3/c1-9(2)5-10(6-14(19)20)8-18-15(21)11-3-4-12(16)13(17)7-11/h3-4,7,9-10H,5-6,8H2,1-2H3,(H,18,21)(H,19,20)/t10-/m0/s1. The molecule has 1 amide bonds. The van der Waals surface area contributed by atoms with E-state index in [1.807, 2.05) is 13.8 Å². The van der Waals surface area contributed by atoms with Crippen LogP contribution in [0.2, 0.25) is 5.02 Å². The van der Waals surface area contributed by atoms with Gasteiger partial charge in [0, 0.05) is 23.0 Å². The second-order valence-electron chi connectivity index (χ2n) is 5.43. The summed E-state index contributed by atoms with van der Waals surface area (Å²) in [5.41, 5.74) is 0.460. The van der Waals surface area contributed by atoms with Gasteiger partial charge in [0.05, 0.1) is 5.02 Å². The fourth-order valence-electron chi connectivity index (χ4n) is 2.13. The molecule has 0 saturated heterocycles. The van der Waals surface area contributed by atoms with Crippen LogP contribution in [0.15, 0.2) is 22.7 Å². The summed E-state index contributed by atoms with van der Waals surface area (Å²) >= 11 is 9.22. The van der Waals surface area contributed by atoms with Crippen molar-refractivity contribution in [1.29, 1.82) is 0 Å². The number of amides is 1. The SMILES string of the molecule is CC(C)C[C@H](CNC(=O)c1ccc(Br)c(Cl)c1)CC(=O)O. The summed E-state index contributed by atoms with van der Waals surface area (Å²) < 4.78 is 0.726. The first-order valence-corrected chi connectivity index (χ1v) is 7.91. The topological polar surface area (TPSA) is 66.4 Å². The molecule has 0 unspecified atom stereocenters. The van der Waals surface area contributed by atoms with Gasteiger partial charge in [-0.3, -0.25) is 9.59 Å². The first-order valence-electron chi connectivity index (χ1n) is 6.74. The molecule has 0 bridgehead atoms. The number of carbonyl (C=O) groups is 2. The van der Waals surface area contributed by atoms with E-state index in [-0.39, 0.29) is 18.2 Å². The van der Waals surface area contributed by atoms with Crippen LogP contribution in [0.3, 0.4) is 0 Å². The van der Waals surface area contributed by atoms with Crippen LogP contribution in [0.25, 0.3) is 0 Å². The Morgan fingerprint density at radius 1 is 1.38 bits per heavy atom. The minimum absolute atomic E-state index is 0.0551. The molecule has 0 aliphatic rings. The number of rotatable bonds is 7. The lowest BCUT2D eigenvalue weighted by atomic mass is 9.94. The van der Waals surface area contributed by atoms with Crippen molar-refractivity contribution in [2.75, 3.05) is 6.54 Å². The minimum atomic E-state index is -0.846. The van der Waals surface area contributed by atoms with Crippen LogP contribution in [0.1, 0.15) is 37.0 Å². The lowest BCUT2D eigenvalue weighted by Gasteiger charge is -2.17. The fourth-order valence-corrected chi connectivity index (χ4v) is 2.56. The van der Waals surface area contributed by atoms with Crippen molar-refractivity contribution in [2.24, 2.45) is 11.8 Å². The van der Waals surface area contributed by atoms with Crippen molar-refractivity contribution in [1.82, 2.24) is 5.32 Å². The molecule has 1 aromatic carbocycles. The van der Waals surface area contributed by atoms with Crippen molar-refractivity contribution in [3.8, 4) is 0 Å². The highest BCUT2D eigenvalue weighted by molar-refractivity contribution is 9.10. The molecule has 116 valence electrons.